The Morgan fingerprint density at radius 1 is 1.21 bits per heavy atom. The van der Waals surface area contributed by atoms with Gasteiger partial charge >= 0.3 is 5.97 Å². The number of rotatable bonds is 2. The molecule has 106 valence electrons. The molecule has 1 N–H and O–H groups in total. The number of carboxylic acid groups (broad SMARTS) is 1. The number of carbonyl (C=O) groups is 1. The van der Waals surface area contributed by atoms with Gasteiger partial charge in [0.2, 0.25) is 0 Å². The molecule has 0 saturated heterocycles. The van der Waals surface area contributed by atoms with Gasteiger partial charge in [0, 0.05) is 11.3 Å². The van der Waals surface area contributed by atoms with Gasteiger partial charge in [0.15, 0.2) is 0 Å². The zero-order valence-corrected chi connectivity index (χ0v) is 12.8. The van der Waals surface area contributed by atoms with Crippen molar-refractivity contribution in [1.29, 1.82) is 0 Å². The molecule has 1 saturated carbocycles. The smallest absolute Gasteiger partial charge is 0.347 e. The molecular formula is C15H23NO2S. The third-order valence-electron chi connectivity index (χ3n) is 3.75. The molecule has 1 aliphatic carbocycles. The Bertz CT molecular complexity index is 451. The second kappa shape index (κ2) is 5.61. The van der Waals surface area contributed by atoms with Crippen LogP contribution in [0.1, 0.15) is 85.6 Å². The van der Waals surface area contributed by atoms with Gasteiger partial charge in [-0.15, -0.1) is 11.3 Å². The first-order valence-corrected chi connectivity index (χ1v) is 7.95. The Morgan fingerprint density at radius 2 is 1.79 bits per heavy atom. The maximum Gasteiger partial charge on any atom is 0.347 e. The molecular weight excluding hydrogens is 258 g/mol. The summed E-state index contributed by atoms with van der Waals surface area (Å²) < 4.78 is 0. The zero-order chi connectivity index (χ0) is 14.0. The van der Waals surface area contributed by atoms with Crippen molar-refractivity contribution in [3.8, 4) is 0 Å². The largest absolute Gasteiger partial charge is 0.477 e. The summed E-state index contributed by atoms with van der Waals surface area (Å²) in [5.74, 6) is -0.357. The van der Waals surface area contributed by atoms with Crippen LogP contribution in [0.25, 0.3) is 0 Å². The average molecular weight is 281 g/mol. The minimum atomic E-state index is -0.831. The molecule has 0 aromatic carbocycles. The van der Waals surface area contributed by atoms with Crippen molar-refractivity contribution in [2.45, 2.75) is 70.6 Å². The first kappa shape index (κ1) is 14.5. The van der Waals surface area contributed by atoms with Crippen LogP contribution in [-0.4, -0.2) is 16.1 Å². The van der Waals surface area contributed by atoms with Gasteiger partial charge in [0.05, 0.1) is 10.7 Å². The van der Waals surface area contributed by atoms with Crippen LogP contribution < -0.4 is 0 Å². The van der Waals surface area contributed by atoms with Crippen LogP contribution in [0.15, 0.2) is 0 Å². The van der Waals surface area contributed by atoms with Crippen LogP contribution in [0.3, 0.4) is 0 Å². The number of aromatic carboxylic acids is 1. The molecule has 0 spiro atoms. The number of nitrogens with zero attached hydrogens (tertiary/aromatic N) is 1. The fraction of sp³-hybridized carbons (Fsp3) is 0.733. The van der Waals surface area contributed by atoms with Gasteiger partial charge in [0.25, 0.3) is 0 Å². The molecule has 1 aliphatic rings. The van der Waals surface area contributed by atoms with Crippen LogP contribution in [0, 0.1) is 0 Å². The van der Waals surface area contributed by atoms with Gasteiger partial charge in [-0.3, -0.25) is 0 Å². The van der Waals surface area contributed by atoms with Crippen molar-refractivity contribution < 1.29 is 9.90 Å². The molecule has 0 unspecified atom stereocenters. The molecule has 0 aliphatic heterocycles. The van der Waals surface area contributed by atoms with Crippen LogP contribution in [0.4, 0.5) is 0 Å². The molecule has 1 fully saturated rings. The Labute approximate surface area is 119 Å². The summed E-state index contributed by atoms with van der Waals surface area (Å²) >= 11 is 1.40. The number of hydrogen-bond donors (Lipinski definition) is 1. The topological polar surface area (TPSA) is 50.2 Å². The average Bonchev–Trinajstić information content (AvgIpc) is 2.60. The van der Waals surface area contributed by atoms with E-state index in [9.17, 15) is 9.90 Å². The molecule has 0 amide bonds. The summed E-state index contributed by atoms with van der Waals surface area (Å²) in [6.07, 6.45) is 7.43. The highest BCUT2D eigenvalue weighted by Gasteiger charge is 2.29. The molecule has 1 aromatic rings. The summed E-state index contributed by atoms with van der Waals surface area (Å²) in [6, 6.07) is 0. The number of thiazole rings is 1. The minimum Gasteiger partial charge on any atom is -0.477 e. The first-order valence-electron chi connectivity index (χ1n) is 7.14. The molecule has 1 aromatic heterocycles. The molecule has 0 bridgehead atoms. The second-order valence-electron chi connectivity index (χ2n) is 6.47. The van der Waals surface area contributed by atoms with Gasteiger partial charge in [-0.05, 0) is 12.8 Å². The van der Waals surface area contributed by atoms with E-state index < -0.39 is 5.97 Å². The molecule has 4 heteroatoms. The summed E-state index contributed by atoms with van der Waals surface area (Å²) in [7, 11) is 0. The van der Waals surface area contributed by atoms with Gasteiger partial charge in [-0.2, -0.15) is 0 Å². The monoisotopic (exact) mass is 281 g/mol. The fourth-order valence-corrected chi connectivity index (χ4v) is 3.98. The quantitative estimate of drug-likeness (QED) is 0.807. The normalized spacial score (nSPS) is 18.3. The number of aromatic nitrogens is 1. The van der Waals surface area contributed by atoms with E-state index in [0.29, 0.717) is 10.8 Å². The standard InChI is InChI=1S/C15H23NO2S/c1-15(2,3)12-11(14(17)18)19-13(16-12)10-8-6-4-5-7-9-10/h10H,4-9H2,1-3H3,(H,17,18). The van der Waals surface area contributed by atoms with Crippen molar-refractivity contribution in [3.63, 3.8) is 0 Å². The van der Waals surface area contributed by atoms with Crippen molar-refractivity contribution >= 4 is 17.3 Å². The molecule has 3 nitrogen and oxygen atoms in total. The summed E-state index contributed by atoms with van der Waals surface area (Å²) in [6.45, 7) is 6.10. The maximum atomic E-state index is 11.4. The Kier molecular flexibility index (Phi) is 4.29. The van der Waals surface area contributed by atoms with E-state index in [1.807, 2.05) is 20.8 Å². The minimum absolute atomic E-state index is 0.201. The van der Waals surface area contributed by atoms with Crippen molar-refractivity contribution in [3.05, 3.63) is 15.6 Å². The highest BCUT2D eigenvalue weighted by molar-refractivity contribution is 7.13. The first-order chi connectivity index (χ1) is 8.89. The summed E-state index contributed by atoms with van der Waals surface area (Å²) in [5.41, 5.74) is 0.553. The fourth-order valence-electron chi connectivity index (χ4n) is 2.69. The van der Waals surface area contributed by atoms with Gasteiger partial charge < -0.3 is 5.11 Å². The van der Waals surface area contributed by atoms with E-state index in [-0.39, 0.29) is 5.41 Å². The van der Waals surface area contributed by atoms with E-state index in [4.69, 9.17) is 4.98 Å². The van der Waals surface area contributed by atoms with Crippen LogP contribution in [0.5, 0.6) is 0 Å². The van der Waals surface area contributed by atoms with E-state index >= 15 is 0 Å². The van der Waals surface area contributed by atoms with Crippen molar-refractivity contribution in [2.75, 3.05) is 0 Å². The Hall–Kier alpha value is -0.900. The van der Waals surface area contributed by atoms with E-state index in [0.717, 1.165) is 23.5 Å². The summed E-state index contributed by atoms with van der Waals surface area (Å²) in [4.78, 5) is 16.5. The molecule has 2 rings (SSSR count). The van der Waals surface area contributed by atoms with Gasteiger partial charge in [-0.25, -0.2) is 9.78 Å². The molecule has 19 heavy (non-hydrogen) atoms. The predicted molar refractivity (Wildman–Crippen MR) is 78.2 cm³/mol. The van der Waals surface area contributed by atoms with Crippen molar-refractivity contribution in [1.82, 2.24) is 4.98 Å². The third kappa shape index (κ3) is 3.35. The third-order valence-corrected chi connectivity index (χ3v) is 4.96. The highest BCUT2D eigenvalue weighted by Crippen LogP contribution is 2.38. The van der Waals surface area contributed by atoms with E-state index in [1.165, 1.54) is 37.0 Å². The maximum absolute atomic E-state index is 11.4. The van der Waals surface area contributed by atoms with E-state index in [1.54, 1.807) is 0 Å². The molecule has 0 radical (unpaired) electrons. The SMILES string of the molecule is CC(C)(C)c1nc(C2CCCCCC2)sc1C(=O)O. The highest BCUT2D eigenvalue weighted by atomic mass is 32.1. The zero-order valence-electron chi connectivity index (χ0n) is 12.0. The molecule has 0 atom stereocenters. The van der Waals surface area contributed by atoms with Crippen LogP contribution >= 0.6 is 11.3 Å². The number of hydrogen-bond acceptors (Lipinski definition) is 3. The second-order valence-corrected chi connectivity index (χ2v) is 7.50. The van der Waals surface area contributed by atoms with E-state index in [2.05, 4.69) is 0 Å². The lowest BCUT2D eigenvalue weighted by Crippen LogP contribution is -2.16. The Balaban J connectivity index is 2.34. The van der Waals surface area contributed by atoms with Crippen molar-refractivity contribution in [2.24, 2.45) is 0 Å². The van der Waals surface area contributed by atoms with Gasteiger partial charge in [0.1, 0.15) is 4.88 Å². The predicted octanol–water partition coefficient (Wildman–Crippen LogP) is 4.58. The van der Waals surface area contributed by atoms with Crippen LogP contribution in [0.2, 0.25) is 0 Å². The summed E-state index contributed by atoms with van der Waals surface area (Å²) in [5, 5.41) is 10.4. The number of carboxylic acids is 1. The van der Waals surface area contributed by atoms with Crippen LogP contribution in [-0.2, 0) is 5.41 Å². The lowest BCUT2D eigenvalue weighted by Gasteiger charge is -2.16. The lowest BCUT2D eigenvalue weighted by molar-refractivity contribution is 0.0699. The molecule has 1 heterocycles. The van der Waals surface area contributed by atoms with Gasteiger partial charge in [-0.1, -0.05) is 46.5 Å². The Morgan fingerprint density at radius 3 is 2.21 bits per heavy atom. The lowest BCUT2D eigenvalue weighted by atomic mass is 9.91.